The lowest BCUT2D eigenvalue weighted by atomic mass is 9.81. The van der Waals surface area contributed by atoms with Gasteiger partial charge in [-0.25, -0.2) is 13.2 Å². The van der Waals surface area contributed by atoms with E-state index in [9.17, 15) is 27.6 Å². The molecule has 1 saturated carbocycles. The van der Waals surface area contributed by atoms with Crippen molar-refractivity contribution in [1.29, 1.82) is 0 Å². The number of fused-ring (bicyclic) bond motifs is 1. The first-order valence-electron chi connectivity index (χ1n) is 8.18. The minimum atomic E-state index is -1.67. The lowest BCUT2D eigenvalue weighted by Crippen LogP contribution is -2.34. The summed E-state index contributed by atoms with van der Waals surface area (Å²) in [7, 11) is 0. The van der Waals surface area contributed by atoms with E-state index in [-0.39, 0.29) is 36.6 Å². The van der Waals surface area contributed by atoms with Crippen molar-refractivity contribution in [3.05, 3.63) is 29.6 Å². The highest BCUT2D eigenvalue weighted by molar-refractivity contribution is 6.05. The molecular formula is C17H17F3N2O3. The summed E-state index contributed by atoms with van der Waals surface area (Å²) in [5.74, 6) is -6.34. The molecule has 2 fully saturated rings. The van der Waals surface area contributed by atoms with E-state index in [4.69, 9.17) is 0 Å². The van der Waals surface area contributed by atoms with Crippen LogP contribution in [0.2, 0.25) is 0 Å². The van der Waals surface area contributed by atoms with Crippen LogP contribution in [0, 0.1) is 29.3 Å². The van der Waals surface area contributed by atoms with E-state index in [1.165, 1.54) is 0 Å². The number of rotatable bonds is 4. The maximum Gasteiger partial charge on any atom is 0.233 e. The first-order chi connectivity index (χ1) is 11.9. The monoisotopic (exact) mass is 354 g/mol. The van der Waals surface area contributed by atoms with Crippen LogP contribution in [0.15, 0.2) is 12.1 Å². The molecule has 0 aromatic heterocycles. The summed E-state index contributed by atoms with van der Waals surface area (Å²) in [6, 6.07) is 1.61. The number of imide groups is 1. The Morgan fingerprint density at radius 1 is 1.04 bits per heavy atom. The SMILES string of the molecule is O=C(CCN1C(=O)[C@H]2CCCC[C@H]2C1=O)Nc1ccc(F)c(F)c1F. The molecule has 1 aromatic carbocycles. The molecule has 3 rings (SSSR count). The summed E-state index contributed by atoms with van der Waals surface area (Å²) >= 11 is 0. The van der Waals surface area contributed by atoms with Gasteiger partial charge in [-0.2, -0.15) is 0 Å². The van der Waals surface area contributed by atoms with Crippen molar-refractivity contribution in [3.8, 4) is 0 Å². The normalized spacial score (nSPS) is 22.9. The van der Waals surface area contributed by atoms with E-state index in [0.717, 1.165) is 23.8 Å². The molecule has 0 bridgehead atoms. The van der Waals surface area contributed by atoms with Crippen LogP contribution in [-0.4, -0.2) is 29.2 Å². The van der Waals surface area contributed by atoms with Gasteiger partial charge < -0.3 is 5.32 Å². The van der Waals surface area contributed by atoms with Crippen LogP contribution in [0.1, 0.15) is 32.1 Å². The average molecular weight is 354 g/mol. The highest BCUT2D eigenvalue weighted by Gasteiger charge is 2.47. The second-order valence-corrected chi connectivity index (χ2v) is 6.35. The topological polar surface area (TPSA) is 66.5 Å². The Morgan fingerprint density at radius 3 is 2.24 bits per heavy atom. The van der Waals surface area contributed by atoms with E-state index in [0.29, 0.717) is 18.9 Å². The minimum absolute atomic E-state index is 0.109. The summed E-state index contributed by atoms with van der Waals surface area (Å²) < 4.78 is 39.6. The van der Waals surface area contributed by atoms with Crippen molar-refractivity contribution in [1.82, 2.24) is 4.90 Å². The zero-order valence-corrected chi connectivity index (χ0v) is 13.4. The maximum absolute atomic E-state index is 13.5. The summed E-state index contributed by atoms with van der Waals surface area (Å²) in [5.41, 5.74) is -0.489. The number of carbonyl (C=O) groups is 3. The van der Waals surface area contributed by atoms with Crippen LogP contribution >= 0.6 is 0 Å². The van der Waals surface area contributed by atoms with Gasteiger partial charge in [0.25, 0.3) is 0 Å². The molecular weight excluding hydrogens is 337 g/mol. The van der Waals surface area contributed by atoms with Gasteiger partial charge in [0.1, 0.15) is 0 Å². The number of halogens is 3. The number of hydrogen-bond donors (Lipinski definition) is 1. The molecule has 2 aliphatic rings. The molecule has 1 aromatic rings. The van der Waals surface area contributed by atoms with Gasteiger partial charge in [0.05, 0.1) is 17.5 Å². The van der Waals surface area contributed by atoms with Crippen LogP contribution in [0.5, 0.6) is 0 Å². The van der Waals surface area contributed by atoms with Gasteiger partial charge in [-0.3, -0.25) is 19.3 Å². The standard InChI is InChI=1S/C17H17F3N2O3/c18-11-5-6-12(15(20)14(11)19)21-13(23)7-8-22-16(24)9-3-1-2-4-10(9)17(22)25/h5-6,9-10H,1-4,7-8H2,(H,21,23)/t9-,10+. The third-order valence-corrected chi connectivity index (χ3v) is 4.80. The molecule has 25 heavy (non-hydrogen) atoms. The highest BCUT2D eigenvalue weighted by Crippen LogP contribution is 2.38. The number of likely N-dealkylation sites (tertiary alicyclic amines) is 1. The lowest BCUT2D eigenvalue weighted by molar-refractivity contribution is -0.140. The van der Waals surface area contributed by atoms with Crippen LogP contribution in [0.4, 0.5) is 18.9 Å². The van der Waals surface area contributed by atoms with E-state index < -0.39 is 29.0 Å². The van der Waals surface area contributed by atoms with Crippen molar-refractivity contribution in [2.45, 2.75) is 32.1 Å². The second-order valence-electron chi connectivity index (χ2n) is 6.35. The van der Waals surface area contributed by atoms with Crippen molar-refractivity contribution >= 4 is 23.4 Å². The number of nitrogens with zero attached hydrogens (tertiary/aromatic N) is 1. The molecule has 1 heterocycles. The summed E-state index contributed by atoms with van der Waals surface area (Å²) in [6.45, 7) is -0.109. The van der Waals surface area contributed by atoms with Crippen LogP contribution in [0.25, 0.3) is 0 Å². The smallest absolute Gasteiger partial charge is 0.233 e. The fraction of sp³-hybridized carbons (Fsp3) is 0.471. The van der Waals surface area contributed by atoms with Gasteiger partial charge in [0.2, 0.25) is 17.7 Å². The van der Waals surface area contributed by atoms with E-state index >= 15 is 0 Å². The van der Waals surface area contributed by atoms with Crippen molar-refractivity contribution in [2.75, 3.05) is 11.9 Å². The van der Waals surface area contributed by atoms with Crippen molar-refractivity contribution in [3.63, 3.8) is 0 Å². The molecule has 2 atom stereocenters. The molecule has 1 aliphatic heterocycles. The first kappa shape index (κ1) is 17.4. The number of benzene rings is 1. The van der Waals surface area contributed by atoms with Crippen LogP contribution in [0.3, 0.4) is 0 Å². The Morgan fingerprint density at radius 2 is 1.64 bits per heavy atom. The summed E-state index contributed by atoms with van der Waals surface area (Å²) in [5, 5.41) is 2.12. The molecule has 5 nitrogen and oxygen atoms in total. The molecule has 1 N–H and O–H groups in total. The Labute approximate surface area is 142 Å². The molecule has 1 saturated heterocycles. The lowest BCUT2D eigenvalue weighted by Gasteiger charge is -2.19. The average Bonchev–Trinajstić information content (AvgIpc) is 2.85. The van der Waals surface area contributed by atoms with Crippen LogP contribution in [-0.2, 0) is 14.4 Å². The van der Waals surface area contributed by atoms with Gasteiger partial charge in [-0.15, -0.1) is 0 Å². The molecule has 0 unspecified atom stereocenters. The Bertz CT molecular complexity index is 714. The van der Waals surface area contributed by atoms with Gasteiger partial charge in [0, 0.05) is 13.0 Å². The predicted molar refractivity (Wildman–Crippen MR) is 81.7 cm³/mol. The highest BCUT2D eigenvalue weighted by atomic mass is 19.2. The van der Waals surface area contributed by atoms with Gasteiger partial charge in [-0.05, 0) is 25.0 Å². The Hall–Kier alpha value is -2.38. The number of carbonyl (C=O) groups excluding carboxylic acids is 3. The predicted octanol–water partition coefficient (Wildman–Crippen LogP) is 2.61. The van der Waals surface area contributed by atoms with E-state index in [1.807, 2.05) is 0 Å². The molecule has 1 aliphatic carbocycles. The Kier molecular flexibility index (Phi) is 4.78. The molecule has 134 valence electrons. The van der Waals surface area contributed by atoms with Crippen molar-refractivity contribution in [2.24, 2.45) is 11.8 Å². The fourth-order valence-corrected chi connectivity index (χ4v) is 3.50. The maximum atomic E-state index is 13.5. The largest absolute Gasteiger partial charge is 0.323 e. The van der Waals surface area contributed by atoms with Crippen LogP contribution < -0.4 is 5.32 Å². The molecule has 0 radical (unpaired) electrons. The quantitative estimate of drug-likeness (QED) is 0.668. The number of anilines is 1. The second kappa shape index (κ2) is 6.85. The molecule has 8 heteroatoms. The number of amides is 3. The zero-order valence-electron chi connectivity index (χ0n) is 13.4. The zero-order chi connectivity index (χ0) is 18.1. The van der Waals surface area contributed by atoms with Gasteiger partial charge >= 0.3 is 0 Å². The van der Waals surface area contributed by atoms with Gasteiger partial charge in [-0.1, -0.05) is 12.8 Å². The third-order valence-electron chi connectivity index (χ3n) is 4.80. The summed E-state index contributed by atoms with van der Waals surface area (Å²) in [4.78, 5) is 37.5. The van der Waals surface area contributed by atoms with Crippen molar-refractivity contribution < 1.29 is 27.6 Å². The molecule has 0 spiro atoms. The van der Waals surface area contributed by atoms with E-state index in [2.05, 4.69) is 5.32 Å². The minimum Gasteiger partial charge on any atom is -0.323 e. The van der Waals surface area contributed by atoms with E-state index in [1.54, 1.807) is 0 Å². The molecule has 3 amide bonds. The third kappa shape index (κ3) is 3.25. The number of hydrogen-bond acceptors (Lipinski definition) is 3. The Balaban J connectivity index is 1.60. The fourth-order valence-electron chi connectivity index (χ4n) is 3.50. The van der Waals surface area contributed by atoms with Gasteiger partial charge in [0.15, 0.2) is 17.5 Å². The first-order valence-corrected chi connectivity index (χ1v) is 8.18. The number of nitrogens with one attached hydrogen (secondary N) is 1. The summed E-state index contributed by atoms with van der Waals surface area (Å²) in [6.07, 6.45) is 2.93.